The molecule has 0 aromatic heterocycles. The van der Waals surface area contributed by atoms with Gasteiger partial charge in [0, 0.05) is 25.2 Å². The summed E-state index contributed by atoms with van der Waals surface area (Å²) in [5.41, 5.74) is 4.01. The van der Waals surface area contributed by atoms with Crippen LogP contribution in [0.5, 0.6) is 11.5 Å². The molecule has 0 aliphatic carbocycles. The number of rotatable bonds is 6. The van der Waals surface area contributed by atoms with Crippen molar-refractivity contribution in [1.82, 2.24) is 5.32 Å². The maximum absolute atomic E-state index is 12.4. The van der Waals surface area contributed by atoms with Gasteiger partial charge in [0.05, 0.1) is 26.0 Å². The second-order valence-electron chi connectivity index (χ2n) is 8.09. The van der Waals surface area contributed by atoms with Gasteiger partial charge in [-0.05, 0) is 60.2 Å². The van der Waals surface area contributed by atoms with Crippen LogP contribution >= 0.6 is 0 Å². The average Bonchev–Trinajstić information content (AvgIpc) is 2.83. The van der Waals surface area contributed by atoms with Crippen molar-refractivity contribution < 1.29 is 29.0 Å². The van der Waals surface area contributed by atoms with Crippen molar-refractivity contribution in [3.8, 4) is 11.5 Å². The fraction of sp³-hybridized carbons (Fsp3) is 0.375. The smallest absolute Gasteiger partial charge is 0.313 e. The molecule has 0 saturated carbocycles. The van der Waals surface area contributed by atoms with E-state index in [4.69, 9.17) is 9.47 Å². The van der Waals surface area contributed by atoms with Crippen molar-refractivity contribution in [3.05, 3.63) is 47.0 Å². The Bertz CT molecular complexity index is 1080. The normalized spacial score (nSPS) is 15.4. The lowest BCUT2D eigenvalue weighted by atomic mass is 9.91. The van der Waals surface area contributed by atoms with Crippen molar-refractivity contribution >= 4 is 29.1 Å². The molecule has 174 valence electrons. The van der Waals surface area contributed by atoms with Gasteiger partial charge in [0.2, 0.25) is 5.91 Å². The molecule has 4 rings (SSSR count). The molecular formula is C24H27N3O6. The van der Waals surface area contributed by atoms with Gasteiger partial charge >= 0.3 is 11.8 Å². The number of aliphatic hydroxyl groups is 1. The molecule has 0 spiro atoms. The number of carbonyl (C=O) groups is 3. The summed E-state index contributed by atoms with van der Waals surface area (Å²) < 4.78 is 10.4. The summed E-state index contributed by atoms with van der Waals surface area (Å²) in [6.45, 7) is 0.573. The molecule has 9 nitrogen and oxygen atoms in total. The first-order valence-corrected chi connectivity index (χ1v) is 10.9. The first-order valence-electron chi connectivity index (χ1n) is 10.9. The summed E-state index contributed by atoms with van der Waals surface area (Å²) in [5, 5.41) is 15.5. The molecule has 2 aromatic rings. The predicted molar refractivity (Wildman–Crippen MR) is 122 cm³/mol. The van der Waals surface area contributed by atoms with Crippen LogP contribution < -0.4 is 25.0 Å². The third-order valence-corrected chi connectivity index (χ3v) is 5.99. The highest BCUT2D eigenvalue weighted by molar-refractivity contribution is 6.39. The van der Waals surface area contributed by atoms with E-state index in [0.717, 1.165) is 36.2 Å². The quantitative estimate of drug-likeness (QED) is 0.574. The second-order valence-corrected chi connectivity index (χ2v) is 8.09. The van der Waals surface area contributed by atoms with E-state index in [1.807, 2.05) is 17.0 Å². The Kier molecular flexibility index (Phi) is 6.50. The summed E-state index contributed by atoms with van der Waals surface area (Å²) in [6.07, 6.45) is 1.71. The zero-order valence-electron chi connectivity index (χ0n) is 18.6. The van der Waals surface area contributed by atoms with Gasteiger partial charge in [-0.1, -0.05) is 6.07 Å². The lowest BCUT2D eigenvalue weighted by Crippen LogP contribution is -2.39. The topological polar surface area (TPSA) is 117 Å². The highest BCUT2D eigenvalue weighted by atomic mass is 16.5. The van der Waals surface area contributed by atoms with Crippen LogP contribution in [0.15, 0.2) is 30.3 Å². The minimum atomic E-state index is -1.03. The molecule has 2 aliphatic heterocycles. The molecule has 9 heteroatoms. The van der Waals surface area contributed by atoms with E-state index >= 15 is 0 Å². The number of aryl methyl sites for hydroxylation is 2. The van der Waals surface area contributed by atoms with Crippen molar-refractivity contribution in [1.29, 1.82) is 0 Å². The summed E-state index contributed by atoms with van der Waals surface area (Å²) in [6, 6.07) is 8.58. The summed E-state index contributed by atoms with van der Waals surface area (Å²) in [7, 11) is 3.00. The summed E-state index contributed by atoms with van der Waals surface area (Å²) in [5.74, 6) is -0.560. The van der Waals surface area contributed by atoms with Crippen LogP contribution in [0.3, 0.4) is 0 Å². The highest BCUT2D eigenvalue weighted by Gasteiger charge is 2.30. The van der Waals surface area contributed by atoms with Crippen LogP contribution in [0.1, 0.15) is 35.6 Å². The molecule has 0 bridgehead atoms. The number of amides is 3. The largest absolute Gasteiger partial charge is 0.493 e. The molecule has 3 amide bonds. The van der Waals surface area contributed by atoms with E-state index < -0.39 is 17.9 Å². The van der Waals surface area contributed by atoms with Gasteiger partial charge in [0.25, 0.3) is 0 Å². The van der Waals surface area contributed by atoms with E-state index in [9.17, 15) is 19.5 Å². The zero-order chi connectivity index (χ0) is 23.5. The molecule has 2 aromatic carbocycles. The van der Waals surface area contributed by atoms with Crippen LogP contribution in [-0.2, 0) is 27.2 Å². The second kappa shape index (κ2) is 9.50. The number of methoxy groups -OCH3 is 2. The molecule has 1 unspecified atom stereocenters. The molecular weight excluding hydrogens is 426 g/mol. The Morgan fingerprint density at radius 3 is 2.48 bits per heavy atom. The number of benzene rings is 2. The van der Waals surface area contributed by atoms with Gasteiger partial charge in [-0.2, -0.15) is 0 Å². The molecule has 33 heavy (non-hydrogen) atoms. The molecule has 1 atom stereocenters. The van der Waals surface area contributed by atoms with Crippen molar-refractivity contribution in [2.75, 3.05) is 37.5 Å². The van der Waals surface area contributed by atoms with Crippen LogP contribution in [0.2, 0.25) is 0 Å². The maximum Gasteiger partial charge on any atom is 0.313 e. The van der Waals surface area contributed by atoms with Gasteiger partial charge in [-0.15, -0.1) is 0 Å². The third kappa shape index (κ3) is 4.63. The number of nitrogens with zero attached hydrogens (tertiary/aromatic N) is 1. The Labute approximate surface area is 191 Å². The van der Waals surface area contributed by atoms with Gasteiger partial charge in [-0.3, -0.25) is 14.4 Å². The molecule has 2 aliphatic rings. The van der Waals surface area contributed by atoms with E-state index in [1.54, 1.807) is 18.2 Å². The van der Waals surface area contributed by atoms with Crippen molar-refractivity contribution in [3.63, 3.8) is 0 Å². The number of ether oxygens (including phenoxy) is 2. The highest BCUT2D eigenvalue weighted by Crippen LogP contribution is 2.38. The first kappa shape index (κ1) is 22.6. The molecule has 2 heterocycles. The van der Waals surface area contributed by atoms with Gasteiger partial charge in [0.15, 0.2) is 11.5 Å². The standard InChI is InChI=1S/C24H27N3O6/c1-32-19-7-5-14(12-20(19)33-2)18(28)13-25-23(30)24(31)26-17-10-15-4-3-9-27-21(29)8-6-16(11-17)22(15)27/h5,7,10-12,18,28H,3-4,6,8-9,13H2,1-2H3,(H,25,30)(H,26,31). The number of carbonyl (C=O) groups excluding carboxylic acids is 3. The van der Waals surface area contributed by atoms with Gasteiger partial charge in [-0.25, -0.2) is 0 Å². The van der Waals surface area contributed by atoms with E-state index in [0.29, 0.717) is 35.6 Å². The van der Waals surface area contributed by atoms with E-state index in [-0.39, 0.29) is 12.5 Å². The zero-order valence-corrected chi connectivity index (χ0v) is 18.6. The van der Waals surface area contributed by atoms with Gasteiger partial charge < -0.3 is 30.1 Å². The van der Waals surface area contributed by atoms with Gasteiger partial charge in [0.1, 0.15) is 0 Å². The Hall–Kier alpha value is -3.59. The number of anilines is 2. The van der Waals surface area contributed by atoms with Crippen molar-refractivity contribution in [2.24, 2.45) is 0 Å². The third-order valence-electron chi connectivity index (χ3n) is 5.99. The molecule has 0 saturated heterocycles. The number of hydrogen-bond acceptors (Lipinski definition) is 6. The first-order chi connectivity index (χ1) is 15.9. The Balaban J connectivity index is 1.39. The number of hydrogen-bond donors (Lipinski definition) is 3. The van der Waals surface area contributed by atoms with Crippen LogP contribution in [-0.4, -0.2) is 50.1 Å². The monoisotopic (exact) mass is 453 g/mol. The lowest BCUT2D eigenvalue weighted by molar-refractivity contribution is -0.136. The Morgan fingerprint density at radius 1 is 1.03 bits per heavy atom. The molecule has 0 fully saturated rings. The predicted octanol–water partition coefficient (Wildman–Crippen LogP) is 1.72. The molecule has 3 N–H and O–H groups in total. The maximum atomic E-state index is 12.4. The summed E-state index contributed by atoms with van der Waals surface area (Å²) >= 11 is 0. The SMILES string of the molecule is COc1ccc(C(O)CNC(=O)C(=O)Nc2cc3c4c(c2)CCC(=O)N4CCC3)cc1OC. The fourth-order valence-electron chi connectivity index (χ4n) is 4.36. The average molecular weight is 453 g/mol. The van der Waals surface area contributed by atoms with Crippen LogP contribution in [0.4, 0.5) is 11.4 Å². The number of nitrogens with one attached hydrogen (secondary N) is 2. The van der Waals surface area contributed by atoms with Crippen LogP contribution in [0.25, 0.3) is 0 Å². The van der Waals surface area contributed by atoms with Crippen molar-refractivity contribution in [2.45, 2.75) is 31.8 Å². The molecule has 0 radical (unpaired) electrons. The lowest BCUT2D eigenvalue weighted by Gasteiger charge is -2.35. The summed E-state index contributed by atoms with van der Waals surface area (Å²) in [4.78, 5) is 38.8. The minimum absolute atomic E-state index is 0.132. The number of aliphatic hydroxyl groups excluding tert-OH is 1. The fourth-order valence-corrected chi connectivity index (χ4v) is 4.36. The van der Waals surface area contributed by atoms with E-state index in [1.165, 1.54) is 14.2 Å². The van der Waals surface area contributed by atoms with E-state index in [2.05, 4.69) is 10.6 Å². The Morgan fingerprint density at radius 2 is 1.76 bits per heavy atom. The van der Waals surface area contributed by atoms with Crippen LogP contribution in [0, 0.1) is 0 Å². The minimum Gasteiger partial charge on any atom is -0.493 e.